The number of rotatable bonds is 4. The lowest BCUT2D eigenvalue weighted by molar-refractivity contribution is -0.130. The molecule has 1 aliphatic heterocycles. The number of benzene rings is 1. The Bertz CT molecular complexity index is 766. The summed E-state index contributed by atoms with van der Waals surface area (Å²) < 4.78 is 0. The molecule has 1 fully saturated rings. The number of hydrogen-bond donors (Lipinski definition) is 0. The van der Waals surface area contributed by atoms with E-state index in [1.54, 1.807) is 11.3 Å². The number of nitrogens with zero attached hydrogens (tertiary/aromatic N) is 3. The average molecular weight is 406 g/mol. The SMILES string of the molecule is CC(C)(C)c1nc(CN2CCCN(C(=O)Cc3ccc(Cl)cc3)CC2)cs1. The summed E-state index contributed by atoms with van der Waals surface area (Å²) in [7, 11) is 0. The Balaban J connectivity index is 1.53. The molecule has 1 amide bonds. The fourth-order valence-corrected chi connectivity index (χ4v) is 4.24. The average Bonchev–Trinajstić information content (AvgIpc) is 2.96. The molecule has 0 unspecified atom stereocenters. The van der Waals surface area contributed by atoms with E-state index in [0.717, 1.165) is 50.4 Å². The van der Waals surface area contributed by atoms with Crippen molar-refractivity contribution in [3.05, 3.63) is 50.9 Å². The Hall–Kier alpha value is -1.43. The van der Waals surface area contributed by atoms with Crippen LogP contribution in [0, 0.1) is 0 Å². The van der Waals surface area contributed by atoms with Crippen LogP contribution in [0.5, 0.6) is 0 Å². The zero-order chi connectivity index (χ0) is 19.4. The highest BCUT2D eigenvalue weighted by Gasteiger charge is 2.22. The smallest absolute Gasteiger partial charge is 0.227 e. The lowest BCUT2D eigenvalue weighted by Crippen LogP contribution is -2.36. The van der Waals surface area contributed by atoms with Gasteiger partial charge >= 0.3 is 0 Å². The molecule has 2 aromatic rings. The summed E-state index contributed by atoms with van der Waals surface area (Å²) in [4.78, 5) is 21.9. The van der Waals surface area contributed by atoms with E-state index in [9.17, 15) is 4.79 Å². The first-order chi connectivity index (χ1) is 12.8. The number of amides is 1. The number of hydrogen-bond acceptors (Lipinski definition) is 4. The molecule has 0 radical (unpaired) electrons. The van der Waals surface area contributed by atoms with E-state index in [1.165, 1.54) is 5.01 Å². The Morgan fingerprint density at radius 1 is 1.15 bits per heavy atom. The maximum atomic E-state index is 12.6. The van der Waals surface area contributed by atoms with Crippen molar-refractivity contribution >= 4 is 28.8 Å². The zero-order valence-electron chi connectivity index (χ0n) is 16.4. The third kappa shape index (κ3) is 5.77. The van der Waals surface area contributed by atoms with E-state index in [2.05, 4.69) is 31.1 Å². The molecular formula is C21H28ClN3OS. The highest BCUT2D eigenvalue weighted by Crippen LogP contribution is 2.26. The highest BCUT2D eigenvalue weighted by atomic mass is 35.5. The van der Waals surface area contributed by atoms with E-state index in [1.807, 2.05) is 29.2 Å². The fraction of sp³-hybridized carbons (Fsp3) is 0.524. The van der Waals surface area contributed by atoms with Gasteiger partial charge < -0.3 is 4.90 Å². The highest BCUT2D eigenvalue weighted by molar-refractivity contribution is 7.09. The fourth-order valence-electron chi connectivity index (χ4n) is 3.22. The molecule has 0 aliphatic carbocycles. The number of halogens is 1. The van der Waals surface area contributed by atoms with E-state index < -0.39 is 0 Å². The molecule has 2 heterocycles. The number of carbonyl (C=O) groups excluding carboxylic acids is 1. The monoisotopic (exact) mass is 405 g/mol. The van der Waals surface area contributed by atoms with Crippen LogP contribution in [0.1, 0.15) is 43.5 Å². The van der Waals surface area contributed by atoms with Crippen LogP contribution in [0.4, 0.5) is 0 Å². The van der Waals surface area contributed by atoms with E-state index in [-0.39, 0.29) is 11.3 Å². The molecule has 27 heavy (non-hydrogen) atoms. The van der Waals surface area contributed by atoms with Gasteiger partial charge in [-0.05, 0) is 24.1 Å². The molecule has 0 saturated carbocycles. The minimum absolute atomic E-state index is 0.104. The van der Waals surface area contributed by atoms with Crippen LogP contribution in [0.25, 0.3) is 0 Å². The third-order valence-corrected chi connectivity index (χ3v) is 6.36. The molecule has 1 aliphatic rings. The molecule has 1 aromatic heterocycles. The van der Waals surface area contributed by atoms with Crippen molar-refractivity contribution in [1.82, 2.24) is 14.8 Å². The Morgan fingerprint density at radius 3 is 2.56 bits per heavy atom. The van der Waals surface area contributed by atoms with Crippen molar-refractivity contribution in [3.8, 4) is 0 Å². The number of thiazole rings is 1. The van der Waals surface area contributed by atoms with Crippen LogP contribution >= 0.6 is 22.9 Å². The maximum Gasteiger partial charge on any atom is 0.227 e. The van der Waals surface area contributed by atoms with Gasteiger partial charge in [0.25, 0.3) is 0 Å². The van der Waals surface area contributed by atoms with Crippen molar-refractivity contribution in [2.45, 2.75) is 45.6 Å². The van der Waals surface area contributed by atoms with Gasteiger partial charge in [0.05, 0.1) is 17.1 Å². The van der Waals surface area contributed by atoms with E-state index in [4.69, 9.17) is 16.6 Å². The molecule has 0 spiro atoms. The van der Waals surface area contributed by atoms with Crippen LogP contribution in [-0.4, -0.2) is 46.9 Å². The number of aromatic nitrogens is 1. The van der Waals surface area contributed by atoms with Gasteiger partial charge in [-0.1, -0.05) is 44.5 Å². The maximum absolute atomic E-state index is 12.6. The van der Waals surface area contributed by atoms with Crippen molar-refractivity contribution < 1.29 is 4.79 Å². The second kappa shape index (κ2) is 8.72. The van der Waals surface area contributed by atoms with Gasteiger partial charge in [0, 0.05) is 48.5 Å². The molecular weight excluding hydrogens is 378 g/mol. The second-order valence-corrected chi connectivity index (χ2v) is 9.50. The molecule has 0 atom stereocenters. The van der Waals surface area contributed by atoms with Gasteiger partial charge in [-0.3, -0.25) is 9.69 Å². The molecule has 1 aromatic carbocycles. The Labute approximate surface area is 171 Å². The van der Waals surface area contributed by atoms with Gasteiger partial charge in [0.15, 0.2) is 0 Å². The predicted molar refractivity (Wildman–Crippen MR) is 112 cm³/mol. The minimum Gasteiger partial charge on any atom is -0.341 e. The quantitative estimate of drug-likeness (QED) is 0.757. The molecule has 4 nitrogen and oxygen atoms in total. The summed E-state index contributed by atoms with van der Waals surface area (Å²) in [6.07, 6.45) is 1.45. The van der Waals surface area contributed by atoms with Crippen LogP contribution in [-0.2, 0) is 23.2 Å². The summed E-state index contributed by atoms with van der Waals surface area (Å²) in [5.74, 6) is 0.197. The van der Waals surface area contributed by atoms with Crippen LogP contribution in [0.3, 0.4) is 0 Å². The topological polar surface area (TPSA) is 36.4 Å². The minimum atomic E-state index is 0.104. The summed E-state index contributed by atoms with van der Waals surface area (Å²) in [6.45, 7) is 11.0. The molecule has 3 rings (SSSR count). The van der Waals surface area contributed by atoms with Gasteiger partial charge in [0.2, 0.25) is 5.91 Å². The molecule has 0 N–H and O–H groups in total. The van der Waals surface area contributed by atoms with E-state index >= 15 is 0 Å². The Kier molecular flexibility index (Phi) is 6.56. The molecule has 1 saturated heterocycles. The summed E-state index contributed by atoms with van der Waals surface area (Å²) in [5.41, 5.74) is 2.26. The molecule has 146 valence electrons. The van der Waals surface area contributed by atoms with Crippen LogP contribution in [0.15, 0.2) is 29.6 Å². The Morgan fingerprint density at radius 2 is 1.89 bits per heavy atom. The van der Waals surface area contributed by atoms with Crippen molar-refractivity contribution in [3.63, 3.8) is 0 Å². The molecule has 6 heteroatoms. The van der Waals surface area contributed by atoms with E-state index in [0.29, 0.717) is 11.4 Å². The van der Waals surface area contributed by atoms with Gasteiger partial charge in [-0.15, -0.1) is 11.3 Å². The number of carbonyl (C=O) groups is 1. The first-order valence-electron chi connectivity index (χ1n) is 9.51. The summed E-state index contributed by atoms with van der Waals surface area (Å²) >= 11 is 7.67. The summed E-state index contributed by atoms with van der Waals surface area (Å²) in [5, 5.41) is 4.06. The standard InChI is InChI=1S/C21H28ClN3OS/c1-21(2,3)20-23-18(15-27-20)14-24-9-4-10-25(12-11-24)19(26)13-16-5-7-17(22)8-6-16/h5-8,15H,4,9-14H2,1-3H3. The lowest BCUT2D eigenvalue weighted by Gasteiger charge is -2.22. The van der Waals surface area contributed by atoms with Gasteiger partial charge in [-0.25, -0.2) is 4.98 Å². The third-order valence-electron chi connectivity index (χ3n) is 4.79. The van der Waals surface area contributed by atoms with Crippen molar-refractivity contribution in [2.24, 2.45) is 0 Å². The van der Waals surface area contributed by atoms with Gasteiger partial charge in [0.1, 0.15) is 0 Å². The van der Waals surface area contributed by atoms with Crippen LogP contribution in [0.2, 0.25) is 5.02 Å². The van der Waals surface area contributed by atoms with Crippen LogP contribution < -0.4 is 0 Å². The normalized spacial score (nSPS) is 16.4. The zero-order valence-corrected chi connectivity index (χ0v) is 17.9. The lowest BCUT2D eigenvalue weighted by atomic mass is 9.98. The summed E-state index contributed by atoms with van der Waals surface area (Å²) in [6, 6.07) is 7.54. The first-order valence-corrected chi connectivity index (χ1v) is 10.8. The molecule has 0 bridgehead atoms. The van der Waals surface area contributed by atoms with Crippen molar-refractivity contribution in [1.29, 1.82) is 0 Å². The first kappa shape index (κ1) is 20.3. The van der Waals surface area contributed by atoms with Gasteiger partial charge in [-0.2, -0.15) is 0 Å². The second-order valence-electron chi connectivity index (χ2n) is 8.21. The van der Waals surface area contributed by atoms with Crippen molar-refractivity contribution in [2.75, 3.05) is 26.2 Å². The largest absolute Gasteiger partial charge is 0.341 e. The predicted octanol–water partition coefficient (Wildman–Crippen LogP) is 4.37.